The summed E-state index contributed by atoms with van der Waals surface area (Å²) in [5, 5.41) is 6.49. The molecule has 1 aromatic heterocycles. The lowest BCUT2D eigenvalue weighted by Crippen LogP contribution is -2.39. The summed E-state index contributed by atoms with van der Waals surface area (Å²) in [5.74, 6) is -0.197. The number of rotatable bonds is 3. The third-order valence-electron chi connectivity index (χ3n) is 5.86. The zero-order valence-corrected chi connectivity index (χ0v) is 18.5. The van der Waals surface area contributed by atoms with Gasteiger partial charge in [-0.25, -0.2) is 4.98 Å². The molecule has 2 fully saturated rings. The molecule has 2 aliphatic heterocycles. The molecular formula is C22H25Cl2N5O2. The van der Waals surface area contributed by atoms with Crippen LogP contribution in [-0.2, 0) is 0 Å². The average molecular weight is 462 g/mol. The Morgan fingerprint density at radius 3 is 2.71 bits per heavy atom. The fourth-order valence-electron chi connectivity index (χ4n) is 4.32. The number of hydrogen-bond acceptors (Lipinski definition) is 4. The number of carbonyl (C=O) groups is 2. The first-order chi connectivity index (χ1) is 14.2. The normalized spacial score (nSPS) is 19.8. The predicted octanol–water partition coefficient (Wildman–Crippen LogP) is 3.63. The van der Waals surface area contributed by atoms with Crippen molar-refractivity contribution in [3.63, 3.8) is 0 Å². The number of H-pyrrole nitrogens is 1. The zero-order chi connectivity index (χ0) is 19.8. The molecule has 9 heteroatoms. The van der Waals surface area contributed by atoms with Crippen LogP contribution in [0.4, 0.5) is 5.69 Å². The summed E-state index contributed by atoms with van der Waals surface area (Å²) < 4.78 is 0. The maximum absolute atomic E-state index is 13.0. The number of nitrogens with one attached hydrogen (secondary N) is 3. The number of aromatic amines is 1. The first-order valence-electron chi connectivity index (χ1n) is 10.1. The second-order valence-electron chi connectivity index (χ2n) is 7.85. The molecule has 2 saturated heterocycles. The number of benzene rings is 2. The molecule has 0 radical (unpaired) electrons. The van der Waals surface area contributed by atoms with Crippen molar-refractivity contribution in [2.75, 3.05) is 18.4 Å². The number of anilines is 1. The van der Waals surface area contributed by atoms with E-state index in [1.165, 1.54) is 6.42 Å². The quantitative estimate of drug-likeness (QED) is 0.555. The van der Waals surface area contributed by atoms with Crippen LogP contribution < -0.4 is 10.6 Å². The molecule has 5 rings (SSSR count). The van der Waals surface area contributed by atoms with Crippen molar-refractivity contribution in [1.29, 1.82) is 0 Å². The highest BCUT2D eigenvalue weighted by Gasteiger charge is 2.31. The molecule has 2 unspecified atom stereocenters. The number of halogens is 2. The van der Waals surface area contributed by atoms with E-state index in [0.717, 1.165) is 37.0 Å². The highest BCUT2D eigenvalue weighted by atomic mass is 35.5. The average Bonchev–Trinajstić information content (AvgIpc) is 3.33. The maximum Gasteiger partial charge on any atom is 0.255 e. The van der Waals surface area contributed by atoms with Gasteiger partial charge >= 0.3 is 0 Å². The highest BCUT2D eigenvalue weighted by molar-refractivity contribution is 6.06. The van der Waals surface area contributed by atoms with E-state index in [2.05, 4.69) is 20.6 Å². The molecule has 2 aromatic carbocycles. The Morgan fingerprint density at radius 2 is 1.84 bits per heavy atom. The Kier molecular flexibility index (Phi) is 7.20. The zero-order valence-electron chi connectivity index (χ0n) is 16.8. The first-order valence-corrected chi connectivity index (χ1v) is 10.1. The predicted molar refractivity (Wildman–Crippen MR) is 125 cm³/mol. The first kappa shape index (κ1) is 23.1. The Bertz CT molecular complexity index is 1090. The molecule has 3 aromatic rings. The van der Waals surface area contributed by atoms with Gasteiger partial charge in [0.25, 0.3) is 11.8 Å². The van der Waals surface area contributed by atoms with Gasteiger partial charge in [0.2, 0.25) is 0 Å². The van der Waals surface area contributed by atoms with Crippen molar-refractivity contribution in [3.05, 3.63) is 59.9 Å². The molecule has 0 spiro atoms. The largest absolute Gasteiger partial charge is 0.345 e. The van der Waals surface area contributed by atoms with Crippen molar-refractivity contribution in [2.45, 2.75) is 31.3 Å². The van der Waals surface area contributed by atoms with Gasteiger partial charge in [-0.2, -0.15) is 0 Å². The number of carbonyl (C=O) groups excluding carboxylic acids is 2. The lowest BCUT2D eigenvalue weighted by molar-refractivity contribution is 0.0748. The fraction of sp³-hybridized carbons (Fsp3) is 0.318. The highest BCUT2D eigenvalue weighted by Crippen LogP contribution is 2.22. The van der Waals surface area contributed by atoms with E-state index in [9.17, 15) is 9.59 Å². The number of nitrogens with zero attached hydrogens (tertiary/aromatic N) is 2. The monoisotopic (exact) mass is 461 g/mol. The van der Waals surface area contributed by atoms with Crippen LogP contribution >= 0.6 is 24.8 Å². The van der Waals surface area contributed by atoms with E-state index in [-0.39, 0.29) is 36.6 Å². The van der Waals surface area contributed by atoms with Crippen molar-refractivity contribution < 1.29 is 9.59 Å². The fourth-order valence-corrected chi connectivity index (χ4v) is 4.32. The lowest BCUT2D eigenvalue weighted by Gasteiger charge is -2.24. The van der Waals surface area contributed by atoms with Crippen LogP contribution in [0.25, 0.3) is 11.0 Å². The van der Waals surface area contributed by atoms with Crippen LogP contribution in [0.5, 0.6) is 0 Å². The minimum absolute atomic E-state index is 0. The molecular weight excluding hydrogens is 437 g/mol. The summed E-state index contributed by atoms with van der Waals surface area (Å²) in [5.41, 5.74) is 3.37. The van der Waals surface area contributed by atoms with E-state index in [1.807, 2.05) is 23.1 Å². The summed E-state index contributed by atoms with van der Waals surface area (Å²) in [7, 11) is 0. The van der Waals surface area contributed by atoms with E-state index >= 15 is 0 Å². The third-order valence-corrected chi connectivity index (χ3v) is 5.86. The van der Waals surface area contributed by atoms with Gasteiger partial charge in [0.1, 0.15) is 0 Å². The van der Waals surface area contributed by atoms with Crippen LogP contribution in [0.2, 0.25) is 0 Å². The van der Waals surface area contributed by atoms with Gasteiger partial charge in [-0.15, -0.1) is 24.8 Å². The van der Waals surface area contributed by atoms with Gasteiger partial charge < -0.3 is 20.5 Å². The summed E-state index contributed by atoms with van der Waals surface area (Å²) in [6.45, 7) is 1.52. The Balaban J connectivity index is 0.00000136. The van der Waals surface area contributed by atoms with Gasteiger partial charge in [0, 0.05) is 42.0 Å². The van der Waals surface area contributed by atoms with Crippen LogP contribution in [0.15, 0.2) is 48.8 Å². The smallest absolute Gasteiger partial charge is 0.255 e. The number of fused-ring (bicyclic) bond motifs is 3. The molecule has 0 saturated carbocycles. The van der Waals surface area contributed by atoms with Crippen molar-refractivity contribution in [3.8, 4) is 0 Å². The molecule has 2 atom stereocenters. The van der Waals surface area contributed by atoms with Gasteiger partial charge in [-0.3, -0.25) is 9.59 Å². The number of hydrogen-bond donors (Lipinski definition) is 3. The number of aromatic nitrogens is 2. The second kappa shape index (κ2) is 9.68. The maximum atomic E-state index is 13.0. The van der Waals surface area contributed by atoms with E-state index in [1.54, 1.807) is 30.6 Å². The van der Waals surface area contributed by atoms with Gasteiger partial charge in [-0.1, -0.05) is 6.07 Å². The summed E-state index contributed by atoms with van der Waals surface area (Å²) in [6.07, 6.45) is 4.93. The Labute approximate surface area is 192 Å². The molecule has 0 aliphatic carbocycles. The standard InChI is InChI=1S/C22H23N5O2.2ClH/c28-21(14-4-7-19-20(11-14)24-13-23-19)26-17-3-1-2-15(10-17)22(29)27-9-8-16-5-6-18(12-27)25-16;;/h1-4,7,10-11,13,16,18,25H,5-6,8-9,12H2,(H,23,24)(H,26,28);2*1H. The number of imidazole rings is 1. The molecule has 3 heterocycles. The van der Waals surface area contributed by atoms with Crippen LogP contribution in [0, 0.1) is 0 Å². The summed E-state index contributed by atoms with van der Waals surface area (Å²) >= 11 is 0. The molecule has 2 aliphatic rings. The number of amides is 2. The van der Waals surface area contributed by atoms with E-state index in [4.69, 9.17) is 0 Å². The van der Waals surface area contributed by atoms with Crippen LogP contribution in [0.1, 0.15) is 40.0 Å². The third kappa shape index (κ3) is 4.84. The molecule has 3 N–H and O–H groups in total. The van der Waals surface area contributed by atoms with Gasteiger partial charge in [-0.05, 0) is 55.7 Å². The molecule has 7 nitrogen and oxygen atoms in total. The van der Waals surface area contributed by atoms with Crippen LogP contribution in [-0.4, -0.2) is 51.9 Å². The summed E-state index contributed by atoms with van der Waals surface area (Å²) in [4.78, 5) is 34.8. The minimum atomic E-state index is -0.220. The Hall–Kier alpha value is -2.61. The second-order valence-corrected chi connectivity index (χ2v) is 7.85. The van der Waals surface area contributed by atoms with Crippen molar-refractivity contribution in [1.82, 2.24) is 20.2 Å². The molecule has 164 valence electrons. The molecule has 2 amide bonds. The minimum Gasteiger partial charge on any atom is -0.345 e. The van der Waals surface area contributed by atoms with E-state index in [0.29, 0.717) is 28.9 Å². The molecule has 31 heavy (non-hydrogen) atoms. The SMILES string of the molecule is Cl.Cl.O=C(Nc1cccc(C(=O)N2CCC3CCC(C2)N3)c1)c1ccc2nc[nH]c2c1. The number of likely N-dealkylation sites (tertiary alicyclic amines) is 1. The molecule has 2 bridgehead atoms. The van der Waals surface area contributed by atoms with E-state index < -0.39 is 0 Å². The van der Waals surface area contributed by atoms with Gasteiger partial charge in [0.15, 0.2) is 0 Å². The van der Waals surface area contributed by atoms with Crippen molar-refractivity contribution in [2.24, 2.45) is 0 Å². The van der Waals surface area contributed by atoms with Gasteiger partial charge in [0.05, 0.1) is 17.4 Å². The van der Waals surface area contributed by atoms with Crippen molar-refractivity contribution >= 4 is 53.3 Å². The topological polar surface area (TPSA) is 90.1 Å². The van der Waals surface area contributed by atoms with Crippen LogP contribution in [0.3, 0.4) is 0 Å². The summed E-state index contributed by atoms with van der Waals surface area (Å²) in [6, 6.07) is 13.4. The lowest BCUT2D eigenvalue weighted by atomic mass is 10.1. The Morgan fingerprint density at radius 1 is 1.00 bits per heavy atom.